The summed E-state index contributed by atoms with van der Waals surface area (Å²) in [6.45, 7) is 2.46. The second-order valence-corrected chi connectivity index (χ2v) is 7.83. The van der Waals surface area contributed by atoms with E-state index >= 15 is 0 Å². The van der Waals surface area contributed by atoms with Crippen molar-refractivity contribution >= 4 is 27.2 Å². The van der Waals surface area contributed by atoms with Crippen LogP contribution in [0.5, 0.6) is 0 Å². The van der Waals surface area contributed by atoms with Crippen LogP contribution in [0.25, 0.3) is 5.65 Å². The first-order valence-electron chi connectivity index (χ1n) is 7.22. The molecule has 124 valence electrons. The van der Waals surface area contributed by atoms with Crippen molar-refractivity contribution in [2.24, 2.45) is 0 Å². The number of carbonyl (C=O) groups excluding carboxylic acids is 1. The van der Waals surface area contributed by atoms with Crippen LogP contribution in [0.15, 0.2) is 12.1 Å². The standard InChI is InChI=1S/C12H17N7O3S/c1-9(20)13-5-4-10-8-18(6-7-23(10,21)22)12-3-2-11-14-16-17-19(11)15-12/h2-3,10H,4-8H2,1H3,(H,13,20). The summed E-state index contributed by atoms with van der Waals surface area (Å²) in [7, 11) is -3.16. The third-order valence-corrected chi connectivity index (χ3v) is 5.95. The Morgan fingerprint density at radius 3 is 3.04 bits per heavy atom. The molecule has 0 spiro atoms. The number of hydrogen-bond donors (Lipinski definition) is 1. The van der Waals surface area contributed by atoms with E-state index in [1.165, 1.54) is 11.6 Å². The Balaban J connectivity index is 1.74. The van der Waals surface area contributed by atoms with Crippen LogP contribution in [0.3, 0.4) is 0 Å². The van der Waals surface area contributed by atoms with Gasteiger partial charge in [-0.1, -0.05) is 0 Å². The van der Waals surface area contributed by atoms with E-state index in [-0.39, 0.29) is 11.7 Å². The summed E-state index contributed by atoms with van der Waals surface area (Å²) in [6.07, 6.45) is 0.380. The van der Waals surface area contributed by atoms with Crippen LogP contribution < -0.4 is 10.2 Å². The molecule has 0 saturated carbocycles. The van der Waals surface area contributed by atoms with Gasteiger partial charge in [-0.25, -0.2) is 8.42 Å². The molecule has 3 heterocycles. The number of nitrogens with one attached hydrogen (secondary N) is 1. The number of fused-ring (bicyclic) bond motifs is 1. The maximum absolute atomic E-state index is 12.2. The van der Waals surface area contributed by atoms with Gasteiger partial charge >= 0.3 is 0 Å². The molecule has 1 atom stereocenters. The molecule has 1 unspecified atom stereocenters. The Labute approximate surface area is 132 Å². The first-order valence-corrected chi connectivity index (χ1v) is 8.93. The van der Waals surface area contributed by atoms with Gasteiger partial charge in [-0.15, -0.1) is 14.8 Å². The number of rotatable bonds is 4. The molecule has 11 heteroatoms. The third kappa shape index (κ3) is 3.38. The quantitative estimate of drug-likeness (QED) is 0.725. The van der Waals surface area contributed by atoms with Gasteiger partial charge in [-0.2, -0.15) is 0 Å². The Hall–Kier alpha value is -2.30. The lowest BCUT2D eigenvalue weighted by Gasteiger charge is -2.33. The molecule has 23 heavy (non-hydrogen) atoms. The maximum atomic E-state index is 12.2. The van der Waals surface area contributed by atoms with Gasteiger partial charge < -0.3 is 10.2 Å². The third-order valence-electron chi connectivity index (χ3n) is 3.80. The molecule has 0 bridgehead atoms. The van der Waals surface area contributed by atoms with Gasteiger partial charge in [0.1, 0.15) is 0 Å². The van der Waals surface area contributed by atoms with Crippen molar-refractivity contribution in [3.05, 3.63) is 12.1 Å². The minimum atomic E-state index is -3.16. The summed E-state index contributed by atoms with van der Waals surface area (Å²) < 4.78 is 25.7. The summed E-state index contributed by atoms with van der Waals surface area (Å²) in [5, 5.41) is 17.5. The fraction of sp³-hybridized carbons (Fsp3) is 0.583. The van der Waals surface area contributed by atoms with Crippen molar-refractivity contribution in [3.63, 3.8) is 0 Å². The molecule has 3 rings (SSSR count). The van der Waals surface area contributed by atoms with E-state index in [2.05, 4.69) is 25.9 Å². The minimum absolute atomic E-state index is 0.0626. The maximum Gasteiger partial charge on any atom is 0.216 e. The van der Waals surface area contributed by atoms with Crippen LogP contribution in [0, 0.1) is 0 Å². The summed E-state index contributed by atoms with van der Waals surface area (Å²) >= 11 is 0. The molecule has 2 aromatic heterocycles. The van der Waals surface area contributed by atoms with Crippen molar-refractivity contribution in [2.45, 2.75) is 18.6 Å². The van der Waals surface area contributed by atoms with Crippen molar-refractivity contribution in [3.8, 4) is 0 Å². The van der Waals surface area contributed by atoms with E-state index < -0.39 is 15.1 Å². The van der Waals surface area contributed by atoms with Crippen molar-refractivity contribution < 1.29 is 13.2 Å². The number of nitrogens with zero attached hydrogens (tertiary/aromatic N) is 6. The Morgan fingerprint density at radius 2 is 2.26 bits per heavy atom. The topological polar surface area (TPSA) is 122 Å². The van der Waals surface area contributed by atoms with Gasteiger partial charge in [0.05, 0.1) is 11.0 Å². The number of aromatic nitrogens is 5. The fourth-order valence-corrected chi connectivity index (χ4v) is 4.24. The molecule has 10 nitrogen and oxygen atoms in total. The van der Waals surface area contributed by atoms with Gasteiger partial charge in [0.25, 0.3) is 0 Å². The lowest BCUT2D eigenvalue weighted by molar-refractivity contribution is -0.118. The number of carbonyl (C=O) groups is 1. The second kappa shape index (κ2) is 6.07. The van der Waals surface area contributed by atoms with Crippen LogP contribution in [0.4, 0.5) is 5.82 Å². The Bertz CT molecular complexity index is 819. The highest BCUT2D eigenvalue weighted by Crippen LogP contribution is 2.20. The molecule has 1 saturated heterocycles. The lowest BCUT2D eigenvalue weighted by Crippen LogP contribution is -2.48. The average molecular weight is 339 g/mol. The summed E-state index contributed by atoms with van der Waals surface area (Å²) in [5.41, 5.74) is 0.528. The van der Waals surface area contributed by atoms with E-state index in [1.54, 1.807) is 12.1 Å². The van der Waals surface area contributed by atoms with Crippen LogP contribution in [0.2, 0.25) is 0 Å². The summed E-state index contributed by atoms with van der Waals surface area (Å²) in [6, 6.07) is 3.51. The van der Waals surface area contributed by atoms with E-state index in [0.717, 1.165) is 0 Å². The van der Waals surface area contributed by atoms with Gasteiger partial charge in [0.15, 0.2) is 21.3 Å². The van der Waals surface area contributed by atoms with Gasteiger partial charge in [-0.05, 0) is 29.0 Å². The van der Waals surface area contributed by atoms with Gasteiger partial charge in [0.2, 0.25) is 5.91 Å². The molecule has 1 amide bonds. The number of amides is 1. The molecule has 0 aliphatic carbocycles. The molecular weight excluding hydrogens is 322 g/mol. The molecule has 0 aromatic carbocycles. The first kappa shape index (κ1) is 15.6. The zero-order valence-corrected chi connectivity index (χ0v) is 13.4. The fourth-order valence-electron chi connectivity index (χ4n) is 2.55. The van der Waals surface area contributed by atoms with Crippen LogP contribution in [-0.2, 0) is 14.6 Å². The van der Waals surface area contributed by atoms with E-state index in [1.807, 2.05) is 4.90 Å². The normalized spacial score (nSPS) is 20.6. The van der Waals surface area contributed by atoms with E-state index in [9.17, 15) is 13.2 Å². The molecule has 2 aromatic rings. The number of hydrogen-bond acceptors (Lipinski definition) is 8. The Kier molecular flexibility index (Phi) is 4.11. The Morgan fingerprint density at radius 1 is 1.43 bits per heavy atom. The average Bonchev–Trinajstić information content (AvgIpc) is 2.96. The zero-order valence-electron chi connectivity index (χ0n) is 12.6. The second-order valence-electron chi connectivity index (χ2n) is 5.42. The summed E-state index contributed by atoms with van der Waals surface area (Å²) in [5.74, 6) is 0.526. The van der Waals surface area contributed by atoms with Crippen molar-refractivity contribution in [1.82, 2.24) is 30.6 Å². The highest BCUT2D eigenvalue weighted by Gasteiger charge is 2.33. The number of anilines is 1. The number of tetrazole rings is 1. The smallest absolute Gasteiger partial charge is 0.216 e. The van der Waals surface area contributed by atoms with Crippen LogP contribution in [0.1, 0.15) is 13.3 Å². The predicted molar refractivity (Wildman–Crippen MR) is 81.7 cm³/mol. The monoisotopic (exact) mass is 339 g/mol. The van der Waals surface area contributed by atoms with Crippen LogP contribution in [-0.4, -0.2) is 70.2 Å². The highest BCUT2D eigenvalue weighted by atomic mass is 32.2. The molecule has 1 N–H and O–H groups in total. The van der Waals surface area contributed by atoms with Gasteiger partial charge in [0, 0.05) is 26.6 Å². The van der Waals surface area contributed by atoms with Crippen molar-refractivity contribution in [1.29, 1.82) is 0 Å². The van der Waals surface area contributed by atoms with E-state index in [0.29, 0.717) is 37.5 Å². The number of sulfone groups is 1. The first-order chi connectivity index (χ1) is 11.0. The van der Waals surface area contributed by atoms with Crippen molar-refractivity contribution in [2.75, 3.05) is 30.3 Å². The molecule has 1 fully saturated rings. The largest absolute Gasteiger partial charge is 0.356 e. The summed E-state index contributed by atoms with van der Waals surface area (Å²) in [4.78, 5) is 12.8. The molecule has 1 aliphatic heterocycles. The molecule has 1 aliphatic rings. The van der Waals surface area contributed by atoms with E-state index in [4.69, 9.17) is 0 Å². The van der Waals surface area contributed by atoms with Gasteiger partial charge in [-0.3, -0.25) is 4.79 Å². The minimum Gasteiger partial charge on any atom is -0.356 e. The molecule has 0 radical (unpaired) electrons. The molecular formula is C12H17N7O3S. The highest BCUT2D eigenvalue weighted by molar-refractivity contribution is 7.92. The SMILES string of the molecule is CC(=O)NCCC1CN(c2ccc3nnnn3n2)CCS1(=O)=O. The zero-order chi connectivity index (χ0) is 16.4. The van der Waals surface area contributed by atoms with Crippen LogP contribution >= 0.6 is 0 Å². The lowest BCUT2D eigenvalue weighted by atomic mass is 10.2. The predicted octanol–water partition coefficient (Wildman–Crippen LogP) is -1.35.